The highest BCUT2D eigenvalue weighted by atomic mass is 14.9. The highest BCUT2D eigenvalue weighted by molar-refractivity contribution is 5.91. The fourth-order valence-electron chi connectivity index (χ4n) is 2.95. The second-order valence-corrected chi connectivity index (χ2v) is 5.10. The quantitative estimate of drug-likeness (QED) is 0.601. The van der Waals surface area contributed by atoms with Crippen molar-refractivity contribution in [3.05, 3.63) is 78.4 Å². The number of benzene rings is 3. The van der Waals surface area contributed by atoms with Gasteiger partial charge in [-0.05, 0) is 28.3 Å². The molecule has 20 heavy (non-hydrogen) atoms. The first-order chi connectivity index (χ1) is 9.93. The minimum absolute atomic E-state index is 0.863. The molecular weight excluding hydrogens is 242 g/mol. The van der Waals surface area contributed by atoms with Gasteiger partial charge in [0, 0.05) is 17.8 Å². The number of fused-ring (bicyclic) bond motifs is 5. The lowest BCUT2D eigenvalue weighted by atomic mass is 9.89. The van der Waals surface area contributed by atoms with Gasteiger partial charge in [-0.2, -0.15) is 0 Å². The van der Waals surface area contributed by atoms with Gasteiger partial charge in [0.2, 0.25) is 0 Å². The number of anilines is 1. The largest absolute Gasteiger partial charge is 0.380 e. The molecule has 0 amide bonds. The zero-order chi connectivity index (χ0) is 13.4. The van der Waals surface area contributed by atoms with Crippen LogP contribution in [-0.2, 0) is 6.54 Å². The summed E-state index contributed by atoms with van der Waals surface area (Å²) in [6.07, 6.45) is 0. The smallest absolute Gasteiger partial charge is 0.0422 e. The summed E-state index contributed by atoms with van der Waals surface area (Å²) in [5.74, 6) is 0. The molecule has 1 N–H and O–H groups in total. The van der Waals surface area contributed by atoms with Gasteiger partial charge in [0.25, 0.3) is 0 Å². The Hall–Kier alpha value is -2.54. The molecule has 1 heteroatoms. The summed E-state index contributed by atoms with van der Waals surface area (Å²) < 4.78 is 0. The number of hydrogen-bond donors (Lipinski definition) is 1. The van der Waals surface area contributed by atoms with Crippen LogP contribution in [0.4, 0.5) is 5.69 Å². The molecule has 3 aromatic rings. The number of para-hydroxylation sites is 1. The SMILES string of the molecule is c1ccc2c(c1)CNc1ccccc1-c1ccccc1-2. The van der Waals surface area contributed by atoms with Crippen molar-refractivity contribution in [2.75, 3.05) is 5.32 Å². The van der Waals surface area contributed by atoms with Crippen molar-refractivity contribution >= 4 is 5.69 Å². The first-order valence-electron chi connectivity index (χ1n) is 6.94. The van der Waals surface area contributed by atoms with Crippen LogP contribution in [0.25, 0.3) is 22.3 Å². The predicted molar refractivity (Wildman–Crippen MR) is 84.6 cm³/mol. The van der Waals surface area contributed by atoms with Gasteiger partial charge in [0.15, 0.2) is 0 Å². The topological polar surface area (TPSA) is 12.0 Å². The van der Waals surface area contributed by atoms with E-state index in [2.05, 4.69) is 78.1 Å². The Kier molecular flexibility index (Phi) is 2.56. The van der Waals surface area contributed by atoms with Gasteiger partial charge in [-0.15, -0.1) is 0 Å². The second-order valence-electron chi connectivity index (χ2n) is 5.10. The highest BCUT2D eigenvalue weighted by Gasteiger charge is 2.15. The summed E-state index contributed by atoms with van der Waals surface area (Å²) in [7, 11) is 0. The molecule has 0 aromatic heterocycles. The van der Waals surface area contributed by atoms with E-state index in [0.717, 1.165) is 6.54 Å². The van der Waals surface area contributed by atoms with Crippen molar-refractivity contribution in [3.63, 3.8) is 0 Å². The fourth-order valence-corrected chi connectivity index (χ4v) is 2.95. The Morgan fingerprint density at radius 2 is 1.10 bits per heavy atom. The lowest BCUT2D eigenvalue weighted by Gasteiger charge is -2.21. The average molecular weight is 257 g/mol. The van der Waals surface area contributed by atoms with Crippen molar-refractivity contribution in [1.82, 2.24) is 0 Å². The van der Waals surface area contributed by atoms with Gasteiger partial charge in [0.05, 0.1) is 0 Å². The van der Waals surface area contributed by atoms with E-state index >= 15 is 0 Å². The van der Waals surface area contributed by atoms with Crippen molar-refractivity contribution in [2.45, 2.75) is 6.54 Å². The molecule has 0 spiro atoms. The van der Waals surface area contributed by atoms with Crippen LogP contribution in [0.15, 0.2) is 72.8 Å². The van der Waals surface area contributed by atoms with Crippen LogP contribution in [0, 0.1) is 0 Å². The van der Waals surface area contributed by atoms with Crippen molar-refractivity contribution < 1.29 is 0 Å². The molecule has 96 valence electrons. The molecule has 1 nitrogen and oxygen atoms in total. The van der Waals surface area contributed by atoms with Crippen LogP contribution in [0.1, 0.15) is 5.56 Å². The van der Waals surface area contributed by atoms with Gasteiger partial charge in [-0.1, -0.05) is 66.7 Å². The van der Waals surface area contributed by atoms with Crippen LogP contribution in [0.2, 0.25) is 0 Å². The zero-order valence-corrected chi connectivity index (χ0v) is 11.1. The second kappa shape index (κ2) is 4.53. The van der Waals surface area contributed by atoms with Crippen LogP contribution in [-0.4, -0.2) is 0 Å². The minimum atomic E-state index is 0.863. The monoisotopic (exact) mass is 257 g/mol. The van der Waals surface area contributed by atoms with Gasteiger partial charge < -0.3 is 5.32 Å². The average Bonchev–Trinajstić information content (AvgIpc) is 2.52. The summed E-state index contributed by atoms with van der Waals surface area (Å²) in [6.45, 7) is 0.863. The molecule has 0 fully saturated rings. The maximum absolute atomic E-state index is 3.56. The number of hydrogen-bond acceptors (Lipinski definition) is 1. The van der Waals surface area contributed by atoms with E-state index in [1.807, 2.05) is 0 Å². The van der Waals surface area contributed by atoms with Gasteiger partial charge in [-0.3, -0.25) is 0 Å². The molecule has 3 aromatic carbocycles. The van der Waals surface area contributed by atoms with E-state index in [-0.39, 0.29) is 0 Å². The fraction of sp³-hybridized carbons (Fsp3) is 0.0526. The normalized spacial score (nSPS) is 12.2. The van der Waals surface area contributed by atoms with E-state index in [9.17, 15) is 0 Å². The van der Waals surface area contributed by atoms with Gasteiger partial charge in [-0.25, -0.2) is 0 Å². The third-order valence-electron chi connectivity index (χ3n) is 3.92. The van der Waals surface area contributed by atoms with E-state index < -0.39 is 0 Å². The zero-order valence-electron chi connectivity index (χ0n) is 11.1. The molecule has 0 saturated carbocycles. The minimum Gasteiger partial charge on any atom is -0.380 e. The van der Waals surface area contributed by atoms with E-state index in [1.54, 1.807) is 0 Å². The molecule has 4 rings (SSSR count). The Morgan fingerprint density at radius 3 is 1.90 bits per heavy atom. The van der Waals surface area contributed by atoms with Gasteiger partial charge in [0.1, 0.15) is 0 Å². The first-order valence-corrected chi connectivity index (χ1v) is 6.94. The Balaban J connectivity index is 2.07. The number of rotatable bonds is 0. The molecule has 0 radical (unpaired) electrons. The summed E-state index contributed by atoms with van der Waals surface area (Å²) in [4.78, 5) is 0. The standard InChI is InChI=1S/C19H15N/c1-2-8-15-14(7-1)13-20-19-12-6-5-11-18(19)17-10-4-3-9-16(15)17/h1-12,20H,13H2. The van der Waals surface area contributed by atoms with Crippen LogP contribution in [0.3, 0.4) is 0 Å². The van der Waals surface area contributed by atoms with E-state index in [1.165, 1.54) is 33.5 Å². The molecule has 0 aliphatic carbocycles. The van der Waals surface area contributed by atoms with Crippen molar-refractivity contribution in [1.29, 1.82) is 0 Å². The predicted octanol–water partition coefficient (Wildman–Crippen LogP) is 4.95. The maximum atomic E-state index is 3.56. The van der Waals surface area contributed by atoms with Crippen LogP contribution >= 0.6 is 0 Å². The molecule has 1 heterocycles. The third-order valence-corrected chi connectivity index (χ3v) is 3.92. The molecule has 0 atom stereocenters. The third kappa shape index (κ3) is 1.71. The maximum Gasteiger partial charge on any atom is 0.0422 e. The Morgan fingerprint density at radius 1 is 0.550 bits per heavy atom. The first kappa shape index (κ1) is 11.3. The molecule has 0 unspecified atom stereocenters. The van der Waals surface area contributed by atoms with Crippen LogP contribution in [0.5, 0.6) is 0 Å². The van der Waals surface area contributed by atoms with E-state index in [4.69, 9.17) is 0 Å². The Bertz CT molecular complexity index is 707. The Labute approximate surface area is 118 Å². The summed E-state index contributed by atoms with van der Waals surface area (Å²) in [6, 6.07) is 25.8. The summed E-state index contributed by atoms with van der Waals surface area (Å²) in [5, 5.41) is 3.56. The molecule has 0 saturated heterocycles. The highest BCUT2D eigenvalue weighted by Crippen LogP contribution is 2.39. The molecule has 1 aliphatic heterocycles. The summed E-state index contributed by atoms with van der Waals surface area (Å²) in [5.41, 5.74) is 7.76. The van der Waals surface area contributed by atoms with Crippen LogP contribution < -0.4 is 5.32 Å². The lowest BCUT2D eigenvalue weighted by Crippen LogP contribution is -2.05. The van der Waals surface area contributed by atoms with Crippen molar-refractivity contribution in [3.8, 4) is 22.3 Å². The lowest BCUT2D eigenvalue weighted by molar-refractivity contribution is 1.15. The molecule has 1 aliphatic rings. The summed E-state index contributed by atoms with van der Waals surface area (Å²) >= 11 is 0. The number of nitrogens with one attached hydrogen (secondary N) is 1. The van der Waals surface area contributed by atoms with E-state index in [0.29, 0.717) is 0 Å². The van der Waals surface area contributed by atoms with Gasteiger partial charge >= 0.3 is 0 Å². The molecular formula is C19H15N. The van der Waals surface area contributed by atoms with Crippen molar-refractivity contribution in [2.24, 2.45) is 0 Å². The molecule has 0 bridgehead atoms.